The minimum atomic E-state index is -4.37. The van der Waals surface area contributed by atoms with Crippen molar-refractivity contribution in [1.29, 1.82) is 0 Å². The maximum absolute atomic E-state index is 12.3. The first-order valence-electron chi connectivity index (χ1n) is 4.42. The van der Waals surface area contributed by atoms with Crippen molar-refractivity contribution < 1.29 is 13.2 Å². The van der Waals surface area contributed by atoms with Crippen LogP contribution in [0.1, 0.15) is 18.2 Å². The van der Waals surface area contributed by atoms with Gasteiger partial charge < -0.3 is 0 Å². The molecule has 15 heavy (non-hydrogen) atoms. The first-order chi connectivity index (χ1) is 7.00. The molecule has 0 N–H and O–H groups in total. The maximum atomic E-state index is 12.3. The summed E-state index contributed by atoms with van der Waals surface area (Å²) in [4.78, 5) is 4.01. The van der Waals surface area contributed by atoms with Gasteiger partial charge in [-0.3, -0.25) is 0 Å². The van der Waals surface area contributed by atoms with Gasteiger partial charge in [0.2, 0.25) is 0 Å². The number of hydrogen-bond acceptors (Lipinski definition) is 2. The Bertz CT molecular complexity index is 487. The number of aryl methyl sites for hydroxylation is 1. The van der Waals surface area contributed by atoms with Gasteiger partial charge in [0.05, 0.1) is 23.7 Å². The Balaban J connectivity index is 2.55. The van der Waals surface area contributed by atoms with Crippen LogP contribution in [0.15, 0.2) is 18.5 Å². The number of halogens is 3. The van der Waals surface area contributed by atoms with Gasteiger partial charge in [-0.2, -0.15) is 18.3 Å². The van der Waals surface area contributed by atoms with E-state index in [0.29, 0.717) is 6.42 Å². The lowest BCUT2D eigenvalue weighted by Crippen LogP contribution is -2.06. The Morgan fingerprint density at radius 2 is 2.13 bits per heavy atom. The van der Waals surface area contributed by atoms with E-state index in [2.05, 4.69) is 10.1 Å². The first kappa shape index (κ1) is 9.95. The van der Waals surface area contributed by atoms with Gasteiger partial charge in [-0.15, -0.1) is 0 Å². The van der Waals surface area contributed by atoms with E-state index in [1.54, 1.807) is 6.20 Å². The van der Waals surface area contributed by atoms with Gasteiger partial charge >= 0.3 is 6.18 Å². The average molecular weight is 215 g/mol. The van der Waals surface area contributed by atoms with Gasteiger partial charge in [-0.1, -0.05) is 6.92 Å². The normalized spacial score (nSPS) is 12.3. The van der Waals surface area contributed by atoms with Crippen molar-refractivity contribution in [3.05, 3.63) is 29.7 Å². The lowest BCUT2D eigenvalue weighted by Gasteiger charge is -2.04. The summed E-state index contributed by atoms with van der Waals surface area (Å²) in [6, 6.07) is 0.992. The molecule has 0 amide bonds. The predicted molar refractivity (Wildman–Crippen MR) is 47.4 cm³/mol. The van der Waals surface area contributed by atoms with Gasteiger partial charge in [0.25, 0.3) is 0 Å². The second-order valence-electron chi connectivity index (χ2n) is 3.13. The molecule has 0 fully saturated rings. The van der Waals surface area contributed by atoms with Crippen molar-refractivity contribution in [3.8, 4) is 0 Å². The highest BCUT2D eigenvalue weighted by Gasteiger charge is 2.31. The Morgan fingerprint density at radius 1 is 1.40 bits per heavy atom. The fraction of sp³-hybridized carbons (Fsp3) is 0.333. The third-order valence-electron chi connectivity index (χ3n) is 2.06. The highest BCUT2D eigenvalue weighted by molar-refractivity contribution is 5.41. The predicted octanol–water partition coefficient (Wildman–Crippen LogP) is 2.31. The van der Waals surface area contributed by atoms with E-state index >= 15 is 0 Å². The van der Waals surface area contributed by atoms with Crippen molar-refractivity contribution in [1.82, 2.24) is 14.6 Å². The SMILES string of the molecule is CCc1cn2ncc(C(F)(F)F)cc2n1. The molecule has 0 spiro atoms. The molecule has 2 heterocycles. The highest BCUT2D eigenvalue weighted by Crippen LogP contribution is 2.28. The summed E-state index contributed by atoms with van der Waals surface area (Å²) in [7, 11) is 0. The summed E-state index contributed by atoms with van der Waals surface area (Å²) in [6.07, 6.45) is -1.28. The van der Waals surface area contributed by atoms with E-state index in [1.807, 2.05) is 6.92 Å². The van der Waals surface area contributed by atoms with E-state index in [4.69, 9.17) is 0 Å². The first-order valence-corrected chi connectivity index (χ1v) is 4.42. The molecule has 0 aliphatic heterocycles. The second-order valence-corrected chi connectivity index (χ2v) is 3.13. The lowest BCUT2D eigenvalue weighted by atomic mass is 10.3. The molecule has 0 unspecified atom stereocenters. The molecule has 0 bridgehead atoms. The highest BCUT2D eigenvalue weighted by atomic mass is 19.4. The number of nitrogens with zero attached hydrogens (tertiary/aromatic N) is 3. The number of fused-ring (bicyclic) bond motifs is 1. The summed E-state index contributed by atoms with van der Waals surface area (Å²) >= 11 is 0. The Morgan fingerprint density at radius 3 is 2.73 bits per heavy atom. The zero-order valence-corrected chi connectivity index (χ0v) is 7.91. The average Bonchev–Trinajstić information content (AvgIpc) is 2.57. The summed E-state index contributed by atoms with van der Waals surface area (Å²) in [5.74, 6) is 0. The second kappa shape index (κ2) is 3.22. The molecule has 2 rings (SSSR count). The van der Waals surface area contributed by atoms with Gasteiger partial charge in [0.1, 0.15) is 0 Å². The molecule has 6 heteroatoms. The molecule has 3 nitrogen and oxygen atoms in total. The molecule has 0 radical (unpaired) electrons. The molecule has 80 valence electrons. The van der Waals surface area contributed by atoms with Crippen molar-refractivity contribution in [2.24, 2.45) is 0 Å². The van der Waals surface area contributed by atoms with E-state index in [0.717, 1.165) is 18.0 Å². The molecule has 2 aromatic rings. The van der Waals surface area contributed by atoms with Crippen LogP contribution in [0.4, 0.5) is 13.2 Å². The topological polar surface area (TPSA) is 30.2 Å². The summed E-state index contributed by atoms with van der Waals surface area (Å²) in [6.45, 7) is 1.88. The largest absolute Gasteiger partial charge is 0.418 e. The third-order valence-corrected chi connectivity index (χ3v) is 2.06. The van der Waals surface area contributed by atoms with E-state index < -0.39 is 11.7 Å². The third kappa shape index (κ3) is 1.79. The molecule has 0 saturated carbocycles. The molecule has 0 aromatic carbocycles. The maximum Gasteiger partial charge on any atom is 0.418 e. The van der Waals surface area contributed by atoms with Crippen LogP contribution >= 0.6 is 0 Å². The summed E-state index contributed by atoms with van der Waals surface area (Å²) in [5, 5.41) is 3.65. The smallest absolute Gasteiger partial charge is 0.232 e. The molecular weight excluding hydrogens is 207 g/mol. The van der Waals surface area contributed by atoms with E-state index in [1.165, 1.54) is 4.52 Å². The van der Waals surface area contributed by atoms with Gasteiger partial charge in [0.15, 0.2) is 5.65 Å². The van der Waals surface area contributed by atoms with Crippen LogP contribution in [-0.4, -0.2) is 14.6 Å². The Hall–Kier alpha value is -1.59. The molecule has 2 aromatic heterocycles. The van der Waals surface area contributed by atoms with Crippen LogP contribution in [-0.2, 0) is 12.6 Å². The number of rotatable bonds is 1. The zero-order valence-electron chi connectivity index (χ0n) is 7.91. The monoisotopic (exact) mass is 215 g/mol. The standard InChI is InChI=1S/C9H8F3N3/c1-2-7-5-15-8(14-7)3-6(4-13-15)9(10,11)12/h3-5H,2H2,1H3. The number of aromatic nitrogens is 3. The number of imidazole rings is 1. The quantitative estimate of drug-likeness (QED) is 0.730. The van der Waals surface area contributed by atoms with Gasteiger partial charge in [-0.05, 0) is 12.5 Å². The van der Waals surface area contributed by atoms with Crippen molar-refractivity contribution in [2.75, 3.05) is 0 Å². The minimum absolute atomic E-state index is 0.224. The van der Waals surface area contributed by atoms with Crippen LogP contribution in [0.2, 0.25) is 0 Å². The summed E-state index contributed by atoms with van der Waals surface area (Å²) < 4.78 is 38.3. The Labute approximate surface area is 83.5 Å². The lowest BCUT2D eigenvalue weighted by molar-refractivity contribution is -0.137. The minimum Gasteiger partial charge on any atom is -0.232 e. The van der Waals surface area contributed by atoms with Crippen molar-refractivity contribution in [2.45, 2.75) is 19.5 Å². The van der Waals surface area contributed by atoms with Crippen LogP contribution < -0.4 is 0 Å². The fourth-order valence-corrected chi connectivity index (χ4v) is 1.25. The van der Waals surface area contributed by atoms with Crippen LogP contribution in [0.25, 0.3) is 5.65 Å². The molecular formula is C9H8F3N3. The van der Waals surface area contributed by atoms with Crippen LogP contribution in [0, 0.1) is 0 Å². The molecule has 0 atom stereocenters. The van der Waals surface area contributed by atoms with Crippen LogP contribution in [0.3, 0.4) is 0 Å². The molecule has 0 saturated heterocycles. The summed E-state index contributed by atoms with van der Waals surface area (Å²) in [5.41, 5.74) is 0.173. The molecule has 0 aliphatic carbocycles. The zero-order chi connectivity index (χ0) is 11.1. The van der Waals surface area contributed by atoms with E-state index in [-0.39, 0.29) is 5.65 Å². The van der Waals surface area contributed by atoms with Gasteiger partial charge in [-0.25, -0.2) is 9.50 Å². The van der Waals surface area contributed by atoms with Crippen LogP contribution in [0.5, 0.6) is 0 Å². The van der Waals surface area contributed by atoms with Gasteiger partial charge in [0, 0.05) is 0 Å². The van der Waals surface area contributed by atoms with E-state index in [9.17, 15) is 13.2 Å². The molecule has 0 aliphatic rings. The van der Waals surface area contributed by atoms with Crippen molar-refractivity contribution >= 4 is 5.65 Å². The number of alkyl halides is 3. The van der Waals surface area contributed by atoms with Crippen molar-refractivity contribution in [3.63, 3.8) is 0 Å². The fourth-order valence-electron chi connectivity index (χ4n) is 1.25. The number of hydrogen-bond donors (Lipinski definition) is 0. The Kier molecular flexibility index (Phi) is 2.13.